The van der Waals surface area contributed by atoms with Gasteiger partial charge in [0.2, 0.25) is 5.91 Å². The maximum absolute atomic E-state index is 13.6. The number of carbonyl (C=O) groups is 2. The Labute approximate surface area is 214 Å². The average Bonchev–Trinajstić information content (AvgIpc) is 3.13. The number of amides is 2. The normalized spacial score (nSPS) is 16.7. The van der Waals surface area contributed by atoms with Gasteiger partial charge in [0.15, 0.2) is 0 Å². The smallest absolute Gasteiger partial charge is 0.269 e. The number of anilines is 2. The highest BCUT2D eigenvalue weighted by atomic mass is 35.5. The van der Waals surface area contributed by atoms with Gasteiger partial charge in [-0.1, -0.05) is 53.7 Å². The standard InChI is InChI=1S/C28H24ClN3O2S/c1-17-5-4-6-22(13-17)31-26(33)24(16-30)28-32(23-12-7-18(2)19(3)14-23)27(34)25(35-28)15-20-8-10-21(29)11-9-20/h4-14,25H,15H2,1-3H3,(H,31,33)/b28-24-. The molecule has 0 aromatic heterocycles. The van der Waals surface area contributed by atoms with Crippen LogP contribution in [0.3, 0.4) is 0 Å². The molecule has 1 N–H and O–H groups in total. The molecule has 2 amide bonds. The van der Waals surface area contributed by atoms with E-state index < -0.39 is 11.2 Å². The predicted molar refractivity (Wildman–Crippen MR) is 142 cm³/mol. The second kappa shape index (κ2) is 10.4. The zero-order valence-corrected chi connectivity index (χ0v) is 21.2. The van der Waals surface area contributed by atoms with Crippen molar-refractivity contribution >= 4 is 46.6 Å². The van der Waals surface area contributed by atoms with Crippen LogP contribution in [0, 0.1) is 32.1 Å². The van der Waals surface area contributed by atoms with Crippen LogP contribution in [-0.4, -0.2) is 17.1 Å². The zero-order chi connectivity index (χ0) is 25.1. The summed E-state index contributed by atoms with van der Waals surface area (Å²) < 4.78 is 0. The van der Waals surface area contributed by atoms with E-state index in [1.807, 2.05) is 69.3 Å². The Bertz CT molecular complexity index is 1380. The zero-order valence-electron chi connectivity index (χ0n) is 19.6. The Balaban J connectivity index is 1.74. The fourth-order valence-corrected chi connectivity index (χ4v) is 5.27. The van der Waals surface area contributed by atoms with Crippen molar-refractivity contribution in [1.82, 2.24) is 0 Å². The van der Waals surface area contributed by atoms with Crippen LogP contribution in [0.2, 0.25) is 5.02 Å². The van der Waals surface area contributed by atoms with Crippen molar-refractivity contribution in [2.45, 2.75) is 32.4 Å². The van der Waals surface area contributed by atoms with Crippen molar-refractivity contribution in [2.24, 2.45) is 0 Å². The number of nitriles is 1. The first kappa shape index (κ1) is 24.6. The highest BCUT2D eigenvalue weighted by Gasteiger charge is 2.41. The minimum Gasteiger partial charge on any atom is -0.321 e. The predicted octanol–water partition coefficient (Wildman–Crippen LogP) is 6.33. The lowest BCUT2D eigenvalue weighted by atomic mass is 10.1. The Morgan fingerprint density at radius 1 is 1.06 bits per heavy atom. The van der Waals surface area contributed by atoms with Crippen LogP contribution in [0.1, 0.15) is 22.3 Å². The molecule has 3 aromatic rings. The van der Waals surface area contributed by atoms with Crippen LogP contribution >= 0.6 is 23.4 Å². The largest absolute Gasteiger partial charge is 0.321 e. The van der Waals surface area contributed by atoms with Gasteiger partial charge in [0.1, 0.15) is 16.7 Å². The number of rotatable bonds is 5. The molecule has 5 nitrogen and oxygen atoms in total. The van der Waals surface area contributed by atoms with E-state index in [9.17, 15) is 14.9 Å². The van der Waals surface area contributed by atoms with E-state index in [2.05, 4.69) is 11.4 Å². The molecule has 0 bridgehead atoms. The fraction of sp³-hybridized carbons (Fsp3) is 0.179. The first-order chi connectivity index (χ1) is 16.8. The third-order valence-corrected chi connectivity index (χ3v) is 7.38. The molecule has 7 heteroatoms. The second-order valence-electron chi connectivity index (χ2n) is 8.49. The van der Waals surface area contributed by atoms with Crippen LogP contribution in [-0.2, 0) is 16.0 Å². The number of hydrogen-bond acceptors (Lipinski definition) is 4. The molecule has 1 aliphatic heterocycles. The summed E-state index contributed by atoms with van der Waals surface area (Å²) in [5.74, 6) is -0.714. The number of halogens is 1. The molecule has 1 saturated heterocycles. The van der Waals surface area contributed by atoms with Gasteiger partial charge in [-0.15, -0.1) is 0 Å². The van der Waals surface area contributed by atoms with E-state index >= 15 is 0 Å². The number of aryl methyl sites for hydroxylation is 3. The number of thioether (sulfide) groups is 1. The van der Waals surface area contributed by atoms with Gasteiger partial charge < -0.3 is 5.32 Å². The third kappa shape index (κ3) is 5.43. The van der Waals surface area contributed by atoms with E-state index in [4.69, 9.17) is 11.6 Å². The molecule has 1 unspecified atom stereocenters. The number of hydrogen-bond donors (Lipinski definition) is 1. The Morgan fingerprint density at radius 2 is 1.80 bits per heavy atom. The highest BCUT2D eigenvalue weighted by Crippen LogP contribution is 2.42. The minimum absolute atomic E-state index is 0.0957. The maximum atomic E-state index is 13.6. The van der Waals surface area contributed by atoms with Crippen molar-refractivity contribution in [3.63, 3.8) is 0 Å². The second-order valence-corrected chi connectivity index (χ2v) is 10.1. The van der Waals surface area contributed by atoms with E-state index in [1.54, 1.807) is 18.2 Å². The molecule has 0 aliphatic carbocycles. The molecule has 1 heterocycles. The van der Waals surface area contributed by atoms with Crippen LogP contribution in [0.5, 0.6) is 0 Å². The maximum Gasteiger partial charge on any atom is 0.269 e. The topological polar surface area (TPSA) is 73.2 Å². The third-order valence-electron chi connectivity index (χ3n) is 5.86. The van der Waals surface area contributed by atoms with E-state index in [0.717, 1.165) is 22.3 Å². The monoisotopic (exact) mass is 501 g/mol. The number of carbonyl (C=O) groups excluding carboxylic acids is 2. The summed E-state index contributed by atoms with van der Waals surface area (Å²) in [5, 5.41) is 13.3. The summed E-state index contributed by atoms with van der Waals surface area (Å²) in [4.78, 5) is 28.3. The summed E-state index contributed by atoms with van der Waals surface area (Å²) in [7, 11) is 0. The molecule has 0 radical (unpaired) electrons. The van der Waals surface area contributed by atoms with Gasteiger partial charge in [0.25, 0.3) is 5.91 Å². The minimum atomic E-state index is -0.547. The lowest BCUT2D eigenvalue weighted by Gasteiger charge is -2.20. The molecular formula is C28H24ClN3O2S. The number of nitrogens with zero attached hydrogens (tertiary/aromatic N) is 2. The number of benzene rings is 3. The van der Waals surface area contributed by atoms with E-state index in [1.165, 1.54) is 16.7 Å². The summed E-state index contributed by atoms with van der Waals surface area (Å²) >= 11 is 7.26. The average molecular weight is 502 g/mol. The molecule has 3 aromatic carbocycles. The van der Waals surface area contributed by atoms with Gasteiger partial charge >= 0.3 is 0 Å². The number of nitrogens with one attached hydrogen (secondary N) is 1. The van der Waals surface area contributed by atoms with Gasteiger partial charge in [-0.05, 0) is 85.8 Å². The lowest BCUT2D eigenvalue weighted by molar-refractivity contribution is -0.117. The van der Waals surface area contributed by atoms with Crippen LogP contribution in [0.4, 0.5) is 11.4 Å². The molecule has 35 heavy (non-hydrogen) atoms. The first-order valence-electron chi connectivity index (χ1n) is 11.1. The summed E-state index contributed by atoms with van der Waals surface area (Å²) in [5.41, 5.74) is 5.17. The molecule has 176 valence electrons. The molecule has 0 saturated carbocycles. The van der Waals surface area contributed by atoms with Crippen molar-refractivity contribution in [3.8, 4) is 6.07 Å². The Hall–Kier alpha value is -3.53. The molecule has 1 aliphatic rings. The SMILES string of the molecule is Cc1cccc(NC(=O)/C(C#N)=C2\SC(Cc3ccc(Cl)cc3)C(=O)N2c2ccc(C)c(C)c2)c1. The summed E-state index contributed by atoms with van der Waals surface area (Å²) in [6.07, 6.45) is 0.448. The van der Waals surface area contributed by atoms with Crippen molar-refractivity contribution in [1.29, 1.82) is 5.26 Å². The van der Waals surface area contributed by atoms with Crippen LogP contribution in [0.25, 0.3) is 0 Å². The van der Waals surface area contributed by atoms with Gasteiger partial charge in [0.05, 0.1) is 5.25 Å². The quantitative estimate of drug-likeness (QED) is 0.327. The Kier molecular flexibility index (Phi) is 7.30. The van der Waals surface area contributed by atoms with E-state index in [0.29, 0.717) is 27.8 Å². The van der Waals surface area contributed by atoms with Crippen molar-refractivity contribution < 1.29 is 9.59 Å². The fourth-order valence-electron chi connectivity index (χ4n) is 3.84. The molecule has 4 rings (SSSR count). The molecule has 1 atom stereocenters. The van der Waals surface area contributed by atoms with E-state index in [-0.39, 0.29) is 11.5 Å². The van der Waals surface area contributed by atoms with Crippen LogP contribution < -0.4 is 10.2 Å². The molecule has 1 fully saturated rings. The summed E-state index contributed by atoms with van der Waals surface area (Å²) in [6.45, 7) is 5.89. The first-order valence-corrected chi connectivity index (χ1v) is 12.4. The lowest BCUT2D eigenvalue weighted by Crippen LogP contribution is -2.31. The molecular weight excluding hydrogens is 478 g/mol. The van der Waals surface area contributed by atoms with Gasteiger partial charge in [-0.2, -0.15) is 5.26 Å². The Morgan fingerprint density at radius 3 is 2.46 bits per heavy atom. The van der Waals surface area contributed by atoms with Gasteiger partial charge in [-0.3, -0.25) is 14.5 Å². The summed E-state index contributed by atoms with van der Waals surface area (Å²) in [6, 6.07) is 22.4. The van der Waals surface area contributed by atoms with Gasteiger partial charge in [-0.25, -0.2) is 0 Å². The molecule has 0 spiro atoms. The van der Waals surface area contributed by atoms with Crippen molar-refractivity contribution in [3.05, 3.63) is 105 Å². The van der Waals surface area contributed by atoms with Crippen molar-refractivity contribution in [2.75, 3.05) is 10.2 Å². The van der Waals surface area contributed by atoms with Gasteiger partial charge in [0, 0.05) is 16.4 Å². The highest BCUT2D eigenvalue weighted by molar-refractivity contribution is 8.05. The van der Waals surface area contributed by atoms with Crippen LogP contribution in [0.15, 0.2) is 77.3 Å².